The molecule has 6 nitrogen and oxygen atoms in total. The van der Waals surface area contributed by atoms with Crippen LogP contribution in [0.2, 0.25) is 0 Å². The fraction of sp³-hybridized carbons (Fsp3) is 0.385. The number of carbonyl (C=O) groups excluding carboxylic acids is 2. The van der Waals surface area contributed by atoms with Crippen LogP contribution < -0.4 is 0 Å². The summed E-state index contributed by atoms with van der Waals surface area (Å²) in [6, 6.07) is 6.10. The molecule has 0 saturated heterocycles. The molecule has 0 saturated carbocycles. The Morgan fingerprint density at radius 1 is 1.26 bits per heavy atom. The number of hydrogen-bond donors (Lipinski definition) is 2. The molecule has 6 heteroatoms. The molecular formula is C13H17NO5. The van der Waals surface area contributed by atoms with E-state index in [9.17, 15) is 19.8 Å². The van der Waals surface area contributed by atoms with Crippen LogP contribution in [0.1, 0.15) is 22.0 Å². The van der Waals surface area contributed by atoms with E-state index in [-0.39, 0.29) is 11.5 Å². The highest BCUT2D eigenvalue weighted by Crippen LogP contribution is 2.19. The molecule has 0 spiro atoms. The summed E-state index contributed by atoms with van der Waals surface area (Å²) in [4.78, 5) is 24.3. The average Bonchev–Trinajstić information content (AvgIpc) is 2.43. The number of esters is 1. The van der Waals surface area contributed by atoms with Gasteiger partial charge in [0.05, 0.1) is 7.11 Å². The Kier molecular flexibility index (Phi) is 5.02. The lowest BCUT2D eigenvalue weighted by atomic mass is 10.0. The van der Waals surface area contributed by atoms with E-state index in [0.29, 0.717) is 5.56 Å². The molecule has 0 radical (unpaired) electrons. The number of aliphatic hydroxyl groups excluding tert-OH is 2. The molecule has 0 bridgehead atoms. The Morgan fingerprint density at radius 3 is 2.42 bits per heavy atom. The highest BCUT2D eigenvalue weighted by atomic mass is 16.5. The van der Waals surface area contributed by atoms with Gasteiger partial charge in [-0.25, -0.2) is 4.79 Å². The van der Waals surface area contributed by atoms with Crippen LogP contribution >= 0.6 is 0 Å². The summed E-state index contributed by atoms with van der Waals surface area (Å²) in [6.45, 7) is 0. The van der Waals surface area contributed by atoms with Gasteiger partial charge in [-0.3, -0.25) is 4.79 Å². The molecule has 19 heavy (non-hydrogen) atoms. The smallest absolute Gasteiger partial charge is 0.337 e. The third kappa shape index (κ3) is 3.52. The van der Waals surface area contributed by atoms with Gasteiger partial charge in [0, 0.05) is 19.7 Å². The monoisotopic (exact) mass is 267 g/mol. The van der Waals surface area contributed by atoms with E-state index in [1.807, 2.05) is 0 Å². The number of ether oxygens (including phenoxy) is 1. The van der Waals surface area contributed by atoms with Crippen LogP contribution in [0.4, 0.5) is 0 Å². The predicted molar refractivity (Wildman–Crippen MR) is 67.4 cm³/mol. The van der Waals surface area contributed by atoms with Gasteiger partial charge in [-0.15, -0.1) is 0 Å². The molecule has 0 aliphatic carbocycles. The molecule has 1 aromatic rings. The second kappa shape index (κ2) is 6.31. The summed E-state index contributed by atoms with van der Waals surface area (Å²) >= 11 is 0. The number of carbonyl (C=O) groups is 2. The molecule has 2 unspecified atom stereocenters. The fourth-order valence-corrected chi connectivity index (χ4v) is 1.55. The third-order valence-electron chi connectivity index (χ3n) is 2.62. The second-order valence-electron chi connectivity index (χ2n) is 4.24. The number of methoxy groups -OCH3 is 1. The molecular weight excluding hydrogens is 250 g/mol. The summed E-state index contributed by atoms with van der Waals surface area (Å²) in [6.07, 6.45) is -3.13. The number of amides is 1. The van der Waals surface area contributed by atoms with Crippen molar-refractivity contribution in [2.75, 3.05) is 21.2 Å². The van der Waals surface area contributed by atoms with E-state index in [2.05, 4.69) is 4.74 Å². The Morgan fingerprint density at radius 2 is 1.89 bits per heavy atom. The Bertz CT molecular complexity index is 472. The predicted octanol–water partition coefficient (Wildman–Crippen LogP) is -0.0443. The minimum Gasteiger partial charge on any atom is -0.467 e. The minimum atomic E-state index is -1.69. The lowest BCUT2D eigenvalue weighted by molar-refractivity contribution is -0.156. The summed E-state index contributed by atoms with van der Waals surface area (Å²) in [7, 11) is 4.33. The van der Waals surface area contributed by atoms with Gasteiger partial charge in [0.1, 0.15) is 6.10 Å². The molecule has 0 aliphatic heterocycles. The van der Waals surface area contributed by atoms with Crippen LogP contribution in [0.25, 0.3) is 0 Å². The number of rotatable bonds is 4. The Labute approximate surface area is 111 Å². The maximum absolute atomic E-state index is 11.8. The van der Waals surface area contributed by atoms with Crippen molar-refractivity contribution in [3.05, 3.63) is 35.4 Å². The van der Waals surface area contributed by atoms with Gasteiger partial charge < -0.3 is 19.8 Å². The van der Waals surface area contributed by atoms with Gasteiger partial charge in [0.2, 0.25) is 0 Å². The van der Waals surface area contributed by atoms with Crippen LogP contribution in [0.3, 0.4) is 0 Å². The SMILES string of the molecule is COC(=O)C(O)C(O)c1cccc(C(=O)N(C)C)c1. The highest BCUT2D eigenvalue weighted by molar-refractivity contribution is 5.94. The van der Waals surface area contributed by atoms with E-state index in [4.69, 9.17) is 0 Å². The van der Waals surface area contributed by atoms with Gasteiger partial charge in [-0.2, -0.15) is 0 Å². The van der Waals surface area contributed by atoms with E-state index in [0.717, 1.165) is 7.11 Å². The largest absolute Gasteiger partial charge is 0.467 e. The Hall–Kier alpha value is -1.92. The summed E-state index contributed by atoms with van der Waals surface area (Å²) in [5.41, 5.74) is 0.629. The normalized spacial score (nSPS) is 13.5. The lowest BCUT2D eigenvalue weighted by Gasteiger charge is -2.17. The molecule has 2 atom stereocenters. The summed E-state index contributed by atoms with van der Waals surface area (Å²) < 4.78 is 4.35. The molecule has 0 fully saturated rings. The molecule has 1 aromatic carbocycles. The van der Waals surface area contributed by atoms with Crippen molar-refractivity contribution in [3.63, 3.8) is 0 Å². The van der Waals surface area contributed by atoms with Crippen LogP contribution in [0, 0.1) is 0 Å². The third-order valence-corrected chi connectivity index (χ3v) is 2.62. The first kappa shape index (κ1) is 15.1. The summed E-state index contributed by atoms with van der Waals surface area (Å²) in [5.74, 6) is -1.17. The van der Waals surface area contributed by atoms with E-state index in [1.165, 1.54) is 17.0 Å². The van der Waals surface area contributed by atoms with Crippen molar-refractivity contribution in [2.24, 2.45) is 0 Å². The van der Waals surface area contributed by atoms with E-state index < -0.39 is 18.2 Å². The molecule has 2 N–H and O–H groups in total. The number of benzene rings is 1. The van der Waals surface area contributed by atoms with Gasteiger partial charge in [0.15, 0.2) is 6.10 Å². The topological polar surface area (TPSA) is 87.1 Å². The van der Waals surface area contributed by atoms with Crippen molar-refractivity contribution in [1.29, 1.82) is 0 Å². The molecule has 1 rings (SSSR count). The van der Waals surface area contributed by atoms with E-state index >= 15 is 0 Å². The van der Waals surface area contributed by atoms with Gasteiger partial charge in [-0.05, 0) is 17.7 Å². The minimum absolute atomic E-state index is 0.235. The van der Waals surface area contributed by atoms with Crippen molar-refractivity contribution in [3.8, 4) is 0 Å². The highest BCUT2D eigenvalue weighted by Gasteiger charge is 2.26. The van der Waals surface area contributed by atoms with Gasteiger partial charge in [0.25, 0.3) is 5.91 Å². The average molecular weight is 267 g/mol. The first-order valence-electron chi connectivity index (χ1n) is 5.64. The van der Waals surface area contributed by atoms with Crippen molar-refractivity contribution >= 4 is 11.9 Å². The maximum Gasteiger partial charge on any atom is 0.337 e. The van der Waals surface area contributed by atoms with Crippen LogP contribution in [0.15, 0.2) is 24.3 Å². The van der Waals surface area contributed by atoms with Crippen molar-refractivity contribution in [1.82, 2.24) is 4.90 Å². The van der Waals surface area contributed by atoms with Gasteiger partial charge in [-0.1, -0.05) is 12.1 Å². The summed E-state index contributed by atoms with van der Waals surface area (Å²) in [5, 5.41) is 19.4. The van der Waals surface area contributed by atoms with Crippen molar-refractivity contribution in [2.45, 2.75) is 12.2 Å². The zero-order valence-electron chi connectivity index (χ0n) is 11.0. The fourth-order valence-electron chi connectivity index (χ4n) is 1.55. The zero-order chi connectivity index (χ0) is 14.6. The van der Waals surface area contributed by atoms with Crippen molar-refractivity contribution < 1.29 is 24.5 Å². The van der Waals surface area contributed by atoms with Gasteiger partial charge >= 0.3 is 5.97 Å². The van der Waals surface area contributed by atoms with Crippen LogP contribution in [0.5, 0.6) is 0 Å². The molecule has 0 aliphatic rings. The maximum atomic E-state index is 11.8. The molecule has 0 heterocycles. The zero-order valence-corrected chi connectivity index (χ0v) is 11.0. The molecule has 0 aromatic heterocycles. The van der Waals surface area contributed by atoms with Crippen LogP contribution in [-0.2, 0) is 9.53 Å². The number of nitrogens with zero attached hydrogens (tertiary/aromatic N) is 1. The molecule has 1 amide bonds. The number of aliphatic hydroxyl groups is 2. The first-order chi connectivity index (χ1) is 8.88. The second-order valence-corrected chi connectivity index (χ2v) is 4.24. The Balaban J connectivity index is 2.99. The number of hydrogen-bond acceptors (Lipinski definition) is 5. The van der Waals surface area contributed by atoms with E-state index in [1.54, 1.807) is 26.2 Å². The quantitative estimate of drug-likeness (QED) is 0.747. The lowest BCUT2D eigenvalue weighted by Crippen LogP contribution is -2.29. The van der Waals surface area contributed by atoms with Crippen LogP contribution in [-0.4, -0.2) is 54.3 Å². The standard InChI is InChI=1S/C13H17NO5/c1-14(2)12(17)9-6-4-5-8(7-9)10(15)11(16)13(18)19-3/h4-7,10-11,15-16H,1-3H3. The molecule has 104 valence electrons. The first-order valence-corrected chi connectivity index (χ1v) is 5.64.